The van der Waals surface area contributed by atoms with E-state index < -0.39 is 0 Å². The van der Waals surface area contributed by atoms with E-state index in [1.54, 1.807) is 6.20 Å². The van der Waals surface area contributed by atoms with E-state index in [2.05, 4.69) is 25.9 Å². The van der Waals surface area contributed by atoms with Crippen molar-refractivity contribution in [1.82, 2.24) is 20.6 Å². The Morgan fingerprint density at radius 1 is 1.00 bits per heavy atom. The number of rotatable bonds is 0. The van der Waals surface area contributed by atoms with Crippen LogP contribution in [0.2, 0.25) is 0 Å². The van der Waals surface area contributed by atoms with Crippen LogP contribution in [0.1, 0.15) is 18.1 Å². The minimum absolute atomic E-state index is 0.0221. The third-order valence-corrected chi connectivity index (χ3v) is 4.53. The number of fused-ring (bicyclic) bond motifs is 7. The molecule has 0 saturated heterocycles. The summed E-state index contributed by atoms with van der Waals surface area (Å²) < 4.78 is 0. The molecular formula is C21H21N5O. The van der Waals surface area contributed by atoms with Crippen molar-refractivity contribution in [2.24, 2.45) is 0 Å². The predicted octanol–water partition coefficient (Wildman–Crippen LogP) is 3.00. The summed E-state index contributed by atoms with van der Waals surface area (Å²) >= 11 is 0. The van der Waals surface area contributed by atoms with Gasteiger partial charge >= 0.3 is 0 Å². The molecule has 0 unspecified atom stereocenters. The average molecular weight is 359 g/mol. The number of hydrogen-bond donors (Lipinski definition) is 3. The van der Waals surface area contributed by atoms with Gasteiger partial charge in [0.15, 0.2) is 0 Å². The highest BCUT2D eigenvalue weighted by atomic mass is 16.2. The summed E-state index contributed by atoms with van der Waals surface area (Å²) in [6.07, 6.45) is 1.75. The molecule has 1 aliphatic rings. The summed E-state index contributed by atoms with van der Waals surface area (Å²) in [4.78, 5) is 21.3. The van der Waals surface area contributed by atoms with Gasteiger partial charge < -0.3 is 16.0 Å². The van der Waals surface area contributed by atoms with Gasteiger partial charge in [-0.25, -0.2) is 9.97 Å². The van der Waals surface area contributed by atoms with Crippen LogP contribution in [0.4, 0.5) is 11.6 Å². The molecule has 3 N–H and O–H groups in total. The van der Waals surface area contributed by atoms with Gasteiger partial charge in [0.05, 0.1) is 11.7 Å². The van der Waals surface area contributed by atoms with Crippen molar-refractivity contribution < 1.29 is 4.79 Å². The predicted molar refractivity (Wildman–Crippen MR) is 105 cm³/mol. The molecule has 3 aromatic rings. The van der Waals surface area contributed by atoms with E-state index in [9.17, 15) is 4.79 Å². The highest BCUT2D eigenvalue weighted by molar-refractivity contribution is 5.81. The van der Waals surface area contributed by atoms with Crippen molar-refractivity contribution in [3.63, 3.8) is 0 Å². The number of hydrogen-bond acceptors (Lipinski definition) is 5. The lowest BCUT2D eigenvalue weighted by atomic mass is 10.1. The third-order valence-electron chi connectivity index (χ3n) is 4.53. The standard InChI is InChI=1S/C21H21N5O/c1-14-20(27)24-13-15-4-2-6-17(10-15)19-8-9-22-21(26-19)25-18-7-3-5-16(11-18)12-23-14/h2-11,14,23H,12-13H2,1H3,(H,24,27)(H,22,25,26)/t14-/m0/s1. The molecule has 1 aromatic heterocycles. The Balaban J connectivity index is 1.73. The summed E-state index contributed by atoms with van der Waals surface area (Å²) in [6.45, 7) is 2.94. The van der Waals surface area contributed by atoms with Crippen LogP contribution in [0.5, 0.6) is 0 Å². The number of carbonyl (C=O) groups excluding carboxylic acids is 1. The molecule has 1 atom stereocenters. The molecular weight excluding hydrogens is 338 g/mol. The van der Waals surface area contributed by atoms with Crippen LogP contribution < -0.4 is 16.0 Å². The van der Waals surface area contributed by atoms with Crippen molar-refractivity contribution in [2.75, 3.05) is 5.32 Å². The zero-order chi connectivity index (χ0) is 18.6. The van der Waals surface area contributed by atoms with E-state index in [0.717, 1.165) is 28.1 Å². The molecule has 27 heavy (non-hydrogen) atoms. The Bertz CT molecular complexity index is 972. The molecule has 6 bridgehead atoms. The highest BCUT2D eigenvalue weighted by Gasteiger charge is 2.13. The van der Waals surface area contributed by atoms with Crippen LogP contribution in [-0.2, 0) is 17.9 Å². The maximum Gasteiger partial charge on any atom is 0.237 e. The summed E-state index contributed by atoms with van der Waals surface area (Å²) in [5.41, 5.74) is 4.83. The van der Waals surface area contributed by atoms with Crippen LogP contribution in [-0.4, -0.2) is 21.9 Å². The van der Waals surface area contributed by atoms with E-state index in [4.69, 9.17) is 0 Å². The molecule has 1 amide bonds. The molecule has 0 spiro atoms. The number of aromatic nitrogens is 2. The van der Waals surface area contributed by atoms with Crippen molar-refractivity contribution in [2.45, 2.75) is 26.1 Å². The van der Waals surface area contributed by atoms with Gasteiger partial charge in [-0.2, -0.15) is 0 Å². The zero-order valence-corrected chi connectivity index (χ0v) is 15.1. The second kappa shape index (κ2) is 7.55. The maximum absolute atomic E-state index is 12.4. The molecule has 0 fully saturated rings. The molecule has 2 aromatic carbocycles. The van der Waals surface area contributed by atoms with Crippen molar-refractivity contribution in [3.8, 4) is 11.3 Å². The lowest BCUT2D eigenvalue weighted by Crippen LogP contribution is -2.41. The van der Waals surface area contributed by atoms with Crippen LogP contribution in [0.25, 0.3) is 11.3 Å². The summed E-state index contributed by atoms with van der Waals surface area (Å²) in [7, 11) is 0. The van der Waals surface area contributed by atoms with Crippen LogP contribution in [0, 0.1) is 0 Å². The number of nitrogens with one attached hydrogen (secondary N) is 3. The molecule has 0 saturated carbocycles. The molecule has 2 heterocycles. The minimum atomic E-state index is -0.284. The van der Waals surface area contributed by atoms with Gasteiger partial charge in [-0.3, -0.25) is 4.79 Å². The fourth-order valence-electron chi connectivity index (χ4n) is 3.01. The van der Waals surface area contributed by atoms with Crippen molar-refractivity contribution >= 4 is 17.5 Å². The minimum Gasteiger partial charge on any atom is -0.351 e. The van der Waals surface area contributed by atoms with Crippen molar-refractivity contribution in [1.29, 1.82) is 0 Å². The van der Waals surface area contributed by atoms with Crippen LogP contribution in [0.3, 0.4) is 0 Å². The number of carbonyl (C=O) groups is 1. The Morgan fingerprint density at radius 3 is 2.70 bits per heavy atom. The van der Waals surface area contributed by atoms with Gasteiger partial charge in [-0.1, -0.05) is 30.3 Å². The Kier molecular flexibility index (Phi) is 4.80. The van der Waals surface area contributed by atoms with Crippen LogP contribution >= 0.6 is 0 Å². The van der Waals surface area contributed by atoms with E-state index in [1.165, 1.54) is 0 Å². The molecule has 6 nitrogen and oxygen atoms in total. The summed E-state index contributed by atoms with van der Waals surface area (Å²) in [6, 6.07) is 17.6. The number of nitrogens with zero attached hydrogens (tertiary/aromatic N) is 2. The Morgan fingerprint density at radius 2 is 1.81 bits per heavy atom. The SMILES string of the molecule is C[C@@H]1NCc2cccc(c2)Nc2nccc(n2)-c2cccc(c2)CNC1=O. The van der Waals surface area contributed by atoms with Gasteiger partial charge in [-0.05, 0) is 42.3 Å². The fourth-order valence-corrected chi connectivity index (χ4v) is 3.01. The average Bonchev–Trinajstić information content (AvgIpc) is 2.70. The van der Waals surface area contributed by atoms with Crippen molar-refractivity contribution in [3.05, 3.63) is 71.9 Å². The lowest BCUT2D eigenvalue weighted by molar-refractivity contribution is -0.122. The first-order valence-corrected chi connectivity index (χ1v) is 8.97. The largest absolute Gasteiger partial charge is 0.351 e. The van der Waals surface area contributed by atoms with Gasteiger partial charge in [0, 0.05) is 30.5 Å². The quantitative estimate of drug-likeness (QED) is 0.575. The fraction of sp³-hybridized carbons (Fsp3) is 0.190. The summed E-state index contributed by atoms with van der Waals surface area (Å²) in [5.74, 6) is 0.530. The van der Waals surface area contributed by atoms with E-state index in [-0.39, 0.29) is 11.9 Å². The first-order valence-electron chi connectivity index (χ1n) is 8.97. The van der Waals surface area contributed by atoms with Crippen LogP contribution in [0.15, 0.2) is 60.8 Å². The molecule has 4 rings (SSSR count). The second-order valence-electron chi connectivity index (χ2n) is 6.61. The normalized spacial score (nSPS) is 16.9. The van der Waals surface area contributed by atoms with E-state index >= 15 is 0 Å². The van der Waals surface area contributed by atoms with Gasteiger partial charge in [0.1, 0.15) is 0 Å². The first kappa shape index (κ1) is 17.2. The molecule has 0 radical (unpaired) electrons. The third kappa shape index (κ3) is 4.12. The molecule has 6 heteroatoms. The van der Waals surface area contributed by atoms with E-state index in [1.807, 2.05) is 61.5 Å². The van der Waals surface area contributed by atoms with Gasteiger partial charge in [0.25, 0.3) is 0 Å². The topological polar surface area (TPSA) is 78.9 Å². The zero-order valence-electron chi connectivity index (χ0n) is 15.1. The molecule has 136 valence electrons. The Labute approximate surface area is 158 Å². The first-order chi connectivity index (χ1) is 13.2. The summed E-state index contributed by atoms with van der Waals surface area (Å²) in [5, 5.41) is 9.52. The highest BCUT2D eigenvalue weighted by Crippen LogP contribution is 2.21. The van der Waals surface area contributed by atoms with Gasteiger partial charge in [-0.15, -0.1) is 0 Å². The number of benzene rings is 2. The van der Waals surface area contributed by atoms with E-state index in [0.29, 0.717) is 19.0 Å². The molecule has 0 aliphatic carbocycles. The second-order valence-corrected chi connectivity index (χ2v) is 6.61. The Hall–Kier alpha value is -3.25. The maximum atomic E-state index is 12.4. The number of anilines is 2. The number of amides is 1. The van der Waals surface area contributed by atoms with Gasteiger partial charge in [0.2, 0.25) is 11.9 Å². The molecule has 1 aliphatic heterocycles. The smallest absolute Gasteiger partial charge is 0.237 e. The monoisotopic (exact) mass is 359 g/mol. The lowest BCUT2D eigenvalue weighted by Gasteiger charge is -2.16.